The van der Waals surface area contributed by atoms with Crippen molar-refractivity contribution in [3.05, 3.63) is 131 Å². The summed E-state index contributed by atoms with van der Waals surface area (Å²) in [6.07, 6.45) is -7.38. The molecule has 4 rings (SSSR count). The van der Waals surface area contributed by atoms with Gasteiger partial charge in [-0.2, -0.15) is 26.3 Å². The van der Waals surface area contributed by atoms with E-state index in [-0.39, 0.29) is 25.2 Å². The number of rotatable bonds is 7. The van der Waals surface area contributed by atoms with Gasteiger partial charge in [-0.05, 0) is 53.6 Å². The predicted molar refractivity (Wildman–Crippen MR) is 126 cm³/mol. The Labute approximate surface area is 209 Å². The number of halogens is 6. The first-order valence-electron chi connectivity index (χ1n) is 11.3. The van der Waals surface area contributed by atoms with E-state index in [2.05, 4.69) is 0 Å². The molecule has 3 nitrogen and oxygen atoms in total. The zero-order chi connectivity index (χ0) is 26.6. The van der Waals surface area contributed by atoms with Crippen LogP contribution in [0.4, 0.5) is 26.3 Å². The molecule has 1 amide bonds. The number of hydrogen-bond donors (Lipinski definition) is 0. The first-order chi connectivity index (χ1) is 17.5. The van der Waals surface area contributed by atoms with Gasteiger partial charge in [0.1, 0.15) is 0 Å². The van der Waals surface area contributed by atoms with Crippen LogP contribution in [0.25, 0.3) is 0 Å². The summed E-state index contributed by atoms with van der Waals surface area (Å²) in [4.78, 5) is 14.8. The average Bonchev–Trinajstić information content (AvgIpc) is 3.29. The van der Waals surface area contributed by atoms with Gasteiger partial charge < -0.3 is 9.47 Å². The molecule has 0 atom stereocenters. The summed E-state index contributed by atoms with van der Waals surface area (Å²) in [5.41, 5.74) is 0.0235. The third-order valence-corrected chi connectivity index (χ3v) is 5.82. The van der Waals surface area contributed by atoms with E-state index in [1.165, 1.54) is 23.1 Å². The van der Waals surface area contributed by atoms with Gasteiger partial charge in [-0.25, -0.2) is 0 Å². The smallest absolute Gasteiger partial charge is 0.345 e. The van der Waals surface area contributed by atoms with E-state index in [1.54, 1.807) is 53.2 Å². The summed E-state index contributed by atoms with van der Waals surface area (Å²) in [5, 5.41) is 0. The van der Waals surface area contributed by atoms with Gasteiger partial charge in [-0.1, -0.05) is 48.5 Å². The van der Waals surface area contributed by atoms with Crippen molar-refractivity contribution in [1.29, 1.82) is 0 Å². The van der Waals surface area contributed by atoms with E-state index in [9.17, 15) is 31.1 Å². The van der Waals surface area contributed by atoms with Crippen molar-refractivity contribution in [1.82, 2.24) is 9.47 Å². The zero-order valence-electron chi connectivity index (χ0n) is 19.4. The molecule has 0 bridgehead atoms. The number of aromatic nitrogens is 1. The molecule has 192 valence electrons. The van der Waals surface area contributed by atoms with E-state index in [0.717, 1.165) is 29.8 Å². The first kappa shape index (κ1) is 26.1. The summed E-state index contributed by atoms with van der Waals surface area (Å²) >= 11 is 0. The molecule has 9 heteroatoms. The minimum atomic E-state index is -4.60. The second-order valence-electron chi connectivity index (χ2n) is 8.55. The van der Waals surface area contributed by atoms with E-state index in [4.69, 9.17) is 0 Å². The molecule has 4 aromatic rings. The monoisotopic (exact) mass is 516 g/mol. The van der Waals surface area contributed by atoms with Gasteiger partial charge in [0.15, 0.2) is 0 Å². The lowest BCUT2D eigenvalue weighted by Crippen LogP contribution is -2.31. The van der Waals surface area contributed by atoms with Crippen LogP contribution in [-0.2, 0) is 32.0 Å². The summed E-state index contributed by atoms with van der Waals surface area (Å²) in [6, 6.07) is 21.6. The van der Waals surface area contributed by atoms with Crippen molar-refractivity contribution in [2.24, 2.45) is 0 Å². The van der Waals surface area contributed by atoms with Gasteiger partial charge in [0.05, 0.1) is 17.7 Å². The van der Waals surface area contributed by atoms with Crippen LogP contribution >= 0.6 is 0 Å². The van der Waals surface area contributed by atoms with Crippen molar-refractivity contribution >= 4 is 5.91 Å². The molecule has 0 spiro atoms. The SMILES string of the molecule is O=C(c1cccc(C(F)(F)F)c1)N(Cc1ccccc1)Cc1cccn1Cc1cccc(C(F)(F)F)c1. The van der Waals surface area contributed by atoms with Crippen LogP contribution in [0.3, 0.4) is 0 Å². The number of benzene rings is 3. The van der Waals surface area contributed by atoms with E-state index >= 15 is 0 Å². The molecule has 0 saturated heterocycles. The molecular formula is C28H22F6N2O. The number of nitrogens with zero attached hydrogens (tertiary/aromatic N) is 2. The molecule has 0 aliphatic rings. The van der Waals surface area contributed by atoms with Crippen molar-refractivity contribution in [3.8, 4) is 0 Å². The maximum Gasteiger partial charge on any atom is 0.416 e. The third kappa shape index (κ3) is 6.61. The average molecular weight is 516 g/mol. The largest absolute Gasteiger partial charge is 0.416 e. The van der Waals surface area contributed by atoms with Gasteiger partial charge in [0, 0.05) is 30.5 Å². The molecule has 0 N–H and O–H groups in total. The standard InChI is InChI=1S/C28H22F6N2O/c29-27(30,31)23-11-4-9-21(15-23)18-35-14-6-13-25(35)19-36(17-20-7-2-1-3-8-20)26(37)22-10-5-12-24(16-22)28(32,33)34/h1-16H,17-19H2. The molecule has 0 radical (unpaired) electrons. The minimum Gasteiger partial charge on any atom is -0.345 e. The summed E-state index contributed by atoms with van der Waals surface area (Å²) < 4.78 is 80.9. The number of carbonyl (C=O) groups is 1. The Balaban J connectivity index is 1.62. The Bertz CT molecular complexity index is 1360. The molecule has 37 heavy (non-hydrogen) atoms. The quantitative estimate of drug-likeness (QED) is 0.235. The molecular weight excluding hydrogens is 494 g/mol. The summed E-state index contributed by atoms with van der Waals surface area (Å²) in [5.74, 6) is -0.596. The second-order valence-corrected chi connectivity index (χ2v) is 8.55. The van der Waals surface area contributed by atoms with Gasteiger partial charge in [0.25, 0.3) is 5.91 Å². The third-order valence-electron chi connectivity index (χ3n) is 5.82. The van der Waals surface area contributed by atoms with Crippen LogP contribution in [-0.4, -0.2) is 15.4 Å². The summed E-state index contributed by atoms with van der Waals surface area (Å²) in [6.45, 7) is 0.295. The number of carbonyl (C=O) groups excluding carboxylic acids is 1. The molecule has 1 heterocycles. The Morgan fingerprint density at radius 1 is 0.676 bits per heavy atom. The fraction of sp³-hybridized carbons (Fsp3) is 0.179. The highest BCUT2D eigenvalue weighted by molar-refractivity contribution is 5.94. The number of amides is 1. The Kier molecular flexibility index (Phi) is 7.42. The fourth-order valence-corrected chi connectivity index (χ4v) is 4.00. The van der Waals surface area contributed by atoms with Gasteiger partial charge in [-0.3, -0.25) is 4.79 Å². The maximum absolute atomic E-state index is 13.4. The lowest BCUT2D eigenvalue weighted by Gasteiger charge is -2.24. The van der Waals surface area contributed by atoms with E-state index in [0.29, 0.717) is 11.3 Å². The highest BCUT2D eigenvalue weighted by atomic mass is 19.4. The Morgan fingerprint density at radius 2 is 1.30 bits per heavy atom. The van der Waals surface area contributed by atoms with Crippen LogP contribution < -0.4 is 0 Å². The highest BCUT2D eigenvalue weighted by Crippen LogP contribution is 2.31. The molecule has 0 aliphatic carbocycles. The lowest BCUT2D eigenvalue weighted by molar-refractivity contribution is -0.138. The van der Waals surface area contributed by atoms with E-state index < -0.39 is 29.4 Å². The number of alkyl halides is 6. The zero-order valence-corrected chi connectivity index (χ0v) is 19.4. The van der Waals surface area contributed by atoms with Crippen LogP contribution in [0.2, 0.25) is 0 Å². The first-order valence-corrected chi connectivity index (χ1v) is 11.3. The molecule has 1 aromatic heterocycles. The molecule has 0 unspecified atom stereocenters. The molecule has 0 aliphatic heterocycles. The predicted octanol–water partition coefficient (Wildman–Crippen LogP) is 7.42. The van der Waals surface area contributed by atoms with Crippen LogP contribution in [0.5, 0.6) is 0 Å². The van der Waals surface area contributed by atoms with Crippen molar-refractivity contribution in [2.45, 2.75) is 32.0 Å². The summed E-state index contributed by atoms with van der Waals surface area (Å²) in [7, 11) is 0. The normalized spacial score (nSPS) is 11.9. The molecule has 3 aromatic carbocycles. The van der Waals surface area contributed by atoms with Gasteiger partial charge >= 0.3 is 12.4 Å². The molecule has 0 saturated carbocycles. The topological polar surface area (TPSA) is 25.2 Å². The van der Waals surface area contributed by atoms with Crippen LogP contribution in [0.15, 0.2) is 97.2 Å². The Hall–Kier alpha value is -4.01. The van der Waals surface area contributed by atoms with Crippen molar-refractivity contribution in [3.63, 3.8) is 0 Å². The maximum atomic E-state index is 13.4. The van der Waals surface area contributed by atoms with E-state index in [1.807, 2.05) is 6.07 Å². The van der Waals surface area contributed by atoms with Crippen molar-refractivity contribution in [2.75, 3.05) is 0 Å². The number of hydrogen-bond acceptors (Lipinski definition) is 1. The molecule has 0 fully saturated rings. The second kappa shape index (κ2) is 10.5. The van der Waals surface area contributed by atoms with Gasteiger partial charge in [0.2, 0.25) is 0 Å². The van der Waals surface area contributed by atoms with Crippen LogP contribution in [0.1, 0.15) is 38.3 Å². The van der Waals surface area contributed by atoms with Crippen molar-refractivity contribution < 1.29 is 31.1 Å². The van der Waals surface area contributed by atoms with Crippen LogP contribution in [0, 0.1) is 0 Å². The lowest BCUT2D eigenvalue weighted by atomic mass is 10.1. The minimum absolute atomic E-state index is 0.0376. The Morgan fingerprint density at radius 3 is 1.97 bits per heavy atom. The fourth-order valence-electron chi connectivity index (χ4n) is 4.00. The highest BCUT2D eigenvalue weighted by Gasteiger charge is 2.32. The van der Waals surface area contributed by atoms with Gasteiger partial charge in [-0.15, -0.1) is 0 Å².